The van der Waals surface area contributed by atoms with Gasteiger partial charge in [-0.1, -0.05) is 6.07 Å². The summed E-state index contributed by atoms with van der Waals surface area (Å²) in [6.07, 6.45) is 1.73. The lowest BCUT2D eigenvalue weighted by Crippen LogP contribution is -2.41. The third-order valence-corrected chi connectivity index (χ3v) is 3.86. The van der Waals surface area contributed by atoms with Gasteiger partial charge in [0, 0.05) is 6.20 Å². The highest BCUT2D eigenvalue weighted by atomic mass is 16.7. The van der Waals surface area contributed by atoms with Crippen molar-refractivity contribution in [3.05, 3.63) is 23.8 Å². The fourth-order valence-electron chi connectivity index (χ4n) is 1.91. The minimum Gasteiger partial charge on any atom is -0.399 e. The standard InChI is InChI=1S/C13H20BN3O2/c1-9(15)17-8-10(6-7-11(17)16)14-18-12(2,3)13(4,5)19-14/h6-8,15-16H,1-5H3. The van der Waals surface area contributed by atoms with Gasteiger partial charge in [-0.15, -0.1) is 0 Å². The molecule has 0 aliphatic carbocycles. The molecule has 0 bridgehead atoms. The lowest BCUT2D eigenvalue weighted by Gasteiger charge is -2.32. The minimum absolute atomic E-state index is 0.271. The Kier molecular flexibility index (Phi) is 3.19. The molecule has 1 aliphatic rings. The topological polar surface area (TPSA) is 71.1 Å². The Hall–Kier alpha value is -1.40. The smallest absolute Gasteiger partial charge is 0.399 e. The van der Waals surface area contributed by atoms with Crippen LogP contribution in [-0.2, 0) is 9.31 Å². The molecule has 0 aromatic carbocycles. The number of hydrogen-bond acceptors (Lipinski definition) is 4. The summed E-state index contributed by atoms with van der Waals surface area (Å²) in [5, 5.41) is 15.4. The summed E-state index contributed by atoms with van der Waals surface area (Å²) in [5.41, 5.74) is 0.318. The Bertz CT molecular complexity index is 561. The molecule has 5 nitrogen and oxygen atoms in total. The average molecular weight is 261 g/mol. The summed E-state index contributed by atoms with van der Waals surface area (Å²) >= 11 is 0. The van der Waals surface area contributed by atoms with Crippen LogP contribution in [0.5, 0.6) is 0 Å². The van der Waals surface area contributed by atoms with Crippen molar-refractivity contribution in [3.8, 4) is 0 Å². The number of hydrogen-bond donors (Lipinski definition) is 2. The quantitative estimate of drug-likeness (QED) is 0.451. The van der Waals surface area contributed by atoms with Gasteiger partial charge in [-0.25, -0.2) is 0 Å². The van der Waals surface area contributed by atoms with Crippen molar-refractivity contribution in [3.63, 3.8) is 0 Å². The van der Waals surface area contributed by atoms with Crippen molar-refractivity contribution in [2.24, 2.45) is 0 Å². The molecule has 1 aliphatic heterocycles. The Morgan fingerprint density at radius 1 is 1.16 bits per heavy atom. The van der Waals surface area contributed by atoms with Gasteiger partial charge >= 0.3 is 7.12 Å². The fraction of sp³-hybridized carbons (Fsp3) is 0.538. The van der Waals surface area contributed by atoms with Gasteiger partial charge in [0.05, 0.1) is 11.2 Å². The number of nitrogens with zero attached hydrogens (tertiary/aromatic N) is 1. The van der Waals surface area contributed by atoms with E-state index in [1.54, 1.807) is 19.2 Å². The normalized spacial score (nSPS) is 20.6. The molecule has 0 spiro atoms. The zero-order valence-electron chi connectivity index (χ0n) is 12.1. The molecule has 2 N–H and O–H groups in total. The first-order valence-corrected chi connectivity index (χ1v) is 6.32. The highest BCUT2D eigenvalue weighted by Gasteiger charge is 2.51. The molecule has 0 unspecified atom stereocenters. The summed E-state index contributed by atoms with van der Waals surface area (Å²) in [5.74, 6) is 0.295. The molecule has 0 amide bonds. The highest BCUT2D eigenvalue weighted by molar-refractivity contribution is 6.62. The van der Waals surface area contributed by atoms with Crippen molar-refractivity contribution in [1.29, 1.82) is 10.8 Å². The van der Waals surface area contributed by atoms with Crippen LogP contribution in [-0.4, -0.2) is 28.7 Å². The van der Waals surface area contributed by atoms with Crippen LogP contribution in [0.2, 0.25) is 0 Å². The molecule has 1 saturated heterocycles. The average Bonchev–Trinajstić information content (AvgIpc) is 2.48. The van der Waals surface area contributed by atoms with Gasteiger partial charge in [0.2, 0.25) is 0 Å². The van der Waals surface area contributed by atoms with Gasteiger partial charge in [0.15, 0.2) is 0 Å². The number of rotatable bonds is 1. The third kappa shape index (κ3) is 2.38. The minimum atomic E-state index is -0.462. The van der Waals surface area contributed by atoms with Crippen LogP contribution < -0.4 is 11.0 Å². The molecule has 0 atom stereocenters. The Morgan fingerprint density at radius 2 is 1.68 bits per heavy atom. The van der Waals surface area contributed by atoms with Gasteiger partial charge < -0.3 is 9.31 Å². The van der Waals surface area contributed by atoms with Gasteiger partial charge in [0.1, 0.15) is 11.3 Å². The molecule has 1 aromatic heterocycles. The Balaban J connectivity index is 2.38. The van der Waals surface area contributed by atoms with E-state index in [1.807, 2.05) is 33.8 Å². The van der Waals surface area contributed by atoms with Crippen LogP contribution in [0.3, 0.4) is 0 Å². The lowest BCUT2D eigenvalue weighted by molar-refractivity contribution is 0.00578. The van der Waals surface area contributed by atoms with Crippen molar-refractivity contribution >= 4 is 18.4 Å². The van der Waals surface area contributed by atoms with Crippen LogP contribution in [0.15, 0.2) is 18.3 Å². The summed E-state index contributed by atoms with van der Waals surface area (Å²) in [4.78, 5) is 0. The largest absolute Gasteiger partial charge is 0.496 e. The monoisotopic (exact) mass is 261 g/mol. The van der Waals surface area contributed by atoms with E-state index >= 15 is 0 Å². The summed E-state index contributed by atoms with van der Waals surface area (Å²) < 4.78 is 13.4. The molecule has 1 fully saturated rings. The Labute approximate surface area is 113 Å². The fourth-order valence-corrected chi connectivity index (χ4v) is 1.91. The maximum atomic E-state index is 7.77. The summed E-state index contributed by atoms with van der Waals surface area (Å²) in [7, 11) is -0.462. The van der Waals surface area contributed by atoms with Gasteiger partial charge in [-0.3, -0.25) is 15.4 Å². The molecule has 6 heteroatoms. The molecular weight excluding hydrogens is 241 g/mol. The molecule has 19 heavy (non-hydrogen) atoms. The third-order valence-electron chi connectivity index (χ3n) is 3.86. The Morgan fingerprint density at radius 3 is 2.16 bits per heavy atom. The van der Waals surface area contributed by atoms with Gasteiger partial charge in [0.25, 0.3) is 0 Å². The number of pyridine rings is 1. The molecule has 2 heterocycles. The van der Waals surface area contributed by atoms with E-state index in [9.17, 15) is 0 Å². The summed E-state index contributed by atoms with van der Waals surface area (Å²) in [6, 6.07) is 3.46. The van der Waals surface area contributed by atoms with Crippen LogP contribution in [0.25, 0.3) is 0 Å². The number of nitrogens with one attached hydrogen (secondary N) is 2. The van der Waals surface area contributed by atoms with Crippen LogP contribution in [0.4, 0.5) is 0 Å². The van der Waals surface area contributed by atoms with E-state index in [4.69, 9.17) is 20.1 Å². The van der Waals surface area contributed by atoms with Crippen LogP contribution in [0.1, 0.15) is 34.6 Å². The highest BCUT2D eigenvalue weighted by Crippen LogP contribution is 2.36. The van der Waals surface area contributed by atoms with Gasteiger partial charge in [-0.05, 0) is 46.1 Å². The molecule has 102 valence electrons. The van der Waals surface area contributed by atoms with Crippen molar-refractivity contribution in [2.45, 2.75) is 45.8 Å². The van der Waals surface area contributed by atoms with Gasteiger partial charge in [-0.2, -0.15) is 0 Å². The van der Waals surface area contributed by atoms with Crippen molar-refractivity contribution < 1.29 is 9.31 Å². The van der Waals surface area contributed by atoms with E-state index in [1.165, 1.54) is 4.57 Å². The first-order valence-electron chi connectivity index (χ1n) is 6.32. The molecule has 2 rings (SSSR count). The van der Waals surface area contributed by atoms with Crippen molar-refractivity contribution in [2.75, 3.05) is 0 Å². The maximum Gasteiger partial charge on any atom is 0.496 e. The second-order valence-electron chi connectivity index (χ2n) is 5.89. The molecule has 0 radical (unpaired) electrons. The van der Waals surface area contributed by atoms with Crippen molar-refractivity contribution in [1.82, 2.24) is 4.57 Å². The van der Waals surface area contributed by atoms with E-state index in [0.29, 0.717) is 5.84 Å². The van der Waals surface area contributed by atoms with Crippen LogP contribution >= 0.6 is 0 Å². The lowest BCUT2D eigenvalue weighted by atomic mass is 9.80. The van der Waals surface area contributed by atoms with E-state index < -0.39 is 7.12 Å². The molecule has 0 saturated carbocycles. The molecule has 1 aromatic rings. The predicted molar refractivity (Wildman–Crippen MR) is 74.8 cm³/mol. The molecular formula is C13H20BN3O2. The SMILES string of the molecule is CC(=N)n1cc(B2OC(C)(C)C(C)(C)O2)ccc1=N. The second kappa shape index (κ2) is 4.32. The first kappa shape index (κ1) is 14.0. The second-order valence-corrected chi connectivity index (χ2v) is 5.89. The van der Waals surface area contributed by atoms with E-state index in [-0.39, 0.29) is 16.7 Å². The number of aromatic nitrogens is 1. The summed E-state index contributed by atoms with van der Waals surface area (Å²) in [6.45, 7) is 9.65. The zero-order valence-corrected chi connectivity index (χ0v) is 12.1. The zero-order chi connectivity index (χ0) is 14.4. The van der Waals surface area contributed by atoms with Crippen LogP contribution in [0, 0.1) is 10.8 Å². The maximum absolute atomic E-state index is 7.77. The van der Waals surface area contributed by atoms with E-state index in [2.05, 4.69) is 0 Å². The first-order chi connectivity index (χ1) is 8.64. The van der Waals surface area contributed by atoms with E-state index in [0.717, 1.165) is 5.46 Å². The predicted octanol–water partition coefficient (Wildman–Crippen LogP) is 1.11.